The molecule has 1 saturated heterocycles. The maximum absolute atomic E-state index is 12.1. The van der Waals surface area contributed by atoms with E-state index in [0.29, 0.717) is 25.3 Å². The molecule has 5 heteroatoms. The number of allylic oxidation sites excluding steroid dienone is 1. The van der Waals surface area contributed by atoms with Crippen LogP contribution in [0.5, 0.6) is 0 Å². The molecule has 5 nitrogen and oxygen atoms in total. The minimum atomic E-state index is -0.339. The van der Waals surface area contributed by atoms with Crippen LogP contribution in [0.3, 0.4) is 0 Å². The Bertz CT molecular complexity index is 386. The van der Waals surface area contributed by atoms with E-state index >= 15 is 0 Å². The first-order valence-electron chi connectivity index (χ1n) is 5.85. The fraction of sp³-hybridized carbons (Fsp3) is 0.538. The summed E-state index contributed by atoms with van der Waals surface area (Å²) in [6.45, 7) is 7.89. The minimum Gasteiger partial charge on any atom is -0.394 e. The number of hydrogen-bond acceptors (Lipinski definition) is 4. The molecule has 1 aliphatic rings. The number of amides is 1. The van der Waals surface area contributed by atoms with E-state index in [2.05, 4.69) is 6.58 Å². The van der Waals surface area contributed by atoms with Crippen molar-refractivity contribution in [2.75, 3.05) is 26.3 Å². The highest BCUT2D eigenvalue weighted by Crippen LogP contribution is 2.10. The lowest BCUT2D eigenvalue weighted by Gasteiger charge is -2.32. The molecule has 100 valence electrons. The molecule has 0 saturated carbocycles. The van der Waals surface area contributed by atoms with Crippen LogP contribution in [-0.4, -0.2) is 54.1 Å². The number of nitrogens with zero attached hydrogens (tertiary/aromatic N) is 1. The zero-order valence-corrected chi connectivity index (χ0v) is 10.8. The molecule has 1 N–H and O–H groups in total. The number of rotatable bonds is 4. The lowest BCUT2D eigenvalue weighted by molar-refractivity contribution is -0.135. The Balaban J connectivity index is 2.66. The maximum atomic E-state index is 12.1. The van der Waals surface area contributed by atoms with Crippen LogP contribution in [0.15, 0.2) is 23.8 Å². The van der Waals surface area contributed by atoms with Crippen molar-refractivity contribution in [1.82, 2.24) is 4.90 Å². The molecule has 1 unspecified atom stereocenters. The van der Waals surface area contributed by atoms with E-state index in [1.807, 2.05) is 0 Å². The molecule has 18 heavy (non-hydrogen) atoms. The molecule has 0 aromatic heterocycles. The third-order valence-corrected chi connectivity index (χ3v) is 2.85. The maximum Gasteiger partial charge on any atom is 0.253 e. The second-order valence-electron chi connectivity index (χ2n) is 4.34. The lowest BCUT2D eigenvalue weighted by atomic mass is 10.1. The molecule has 1 heterocycles. The highest BCUT2D eigenvalue weighted by molar-refractivity contribution is 6.00. The number of morpholine rings is 1. The number of Topliss-reactive ketones (excluding diaryl/α,β-unsaturated/α-hetero) is 1. The quantitative estimate of drug-likeness (QED) is 0.578. The van der Waals surface area contributed by atoms with Crippen LogP contribution in [0, 0.1) is 0 Å². The first kappa shape index (κ1) is 14.6. The summed E-state index contributed by atoms with van der Waals surface area (Å²) < 4.78 is 5.26. The third kappa shape index (κ3) is 3.78. The van der Waals surface area contributed by atoms with Crippen molar-refractivity contribution in [3.8, 4) is 0 Å². The summed E-state index contributed by atoms with van der Waals surface area (Å²) >= 11 is 0. The molecule has 1 atom stereocenters. The molecule has 0 aromatic carbocycles. The lowest BCUT2D eigenvalue weighted by Crippen LogP contribution is -2.47. The summed E-state index contributed by atoms with van der Waals surface area (Å²) in [6.07, 6.45) is 1.15. The summed E-state index contributed by atoms with van der Waals surface area (Å²) in [5.41, 5.74) is 0.779. The van der Waals surface area contributed by atoms with E-state index in [1.54, 1.807) is 11.8 Å². The van der Waals surface area contributed by atoms with Gasteiger partial charge in [0.05, 0.1) is 19.3 Å². The van der Waals surface area contributed by atoms with Gasteiger partial charge >= 0.3 is 0 Å². The molecule has 1 rings (SSSR count). The van der Waals surface area contributed by atoms with Gasteiger partial charge in [0.1, 0.15) is 0 Å². The predicted octanol–water partition coefficient (Wildman–Crippen LogP) is 0.298. The van der Waals surface area contributed by atoms with Gasteiger partial charge in [0.25, 0.3) is 5.91 Å². The van der Waals surface area contributed by atoms with Crippen LogP contribution in [-0.2, 0) is 14.3 Å². The molecule has 0 bridgehead atoms. The summed E-state index contributed by atoms with van der Waals surface area (Å²) in [5, 5.41) is 9.01. The number of ketones is 1. The van der Waals surface area contributed by atoms with Gasteiger partial charge in [-0.25, -0.2) is 0 Å². The summed E-state index contributed by atoms with van der Waals surface area (Å²) in [7, 11) is 0. The number of aliphatic hydroxyl groups is 1. The zero-order valence-electron chi connectivity index (χ0n) is 10.8. The fourth-order valence-corrected chi connectivity index (χ4v) is 1.64. The third-order valence-electron chi connectivity index (χ3n) is 2.85. The molecule has 0 aliphatic carbocycles. The van der Waals surface area contributed by atoms with Crippen LogP contribution < -0.4 is 0 Å². The van der Waals surface area contributed by atoms with Crippen molar-refractivity contribution in [2.45, 2.75) is 20.0 Å². The summed E-state index contributed by atoms with van der Waals surface area (Å²) in [5.74, 6) is -0.309. The second-order valence-corrected chi connectivity index (χ2v) is 4.34. The highest BCUT2D eigenvalue weighted by atomic mass is 16.5. The topological polar surface area (TPSA) is 66.8 Å². The molecule has 0 aromatic rings. The van der Waals surface area contributed by atoms with E-state index < -0.39 is 0 Å². The van der Waals surface area contributed by atoms with Gasteiger partial charge in [-0.2, -0.15) is 0 Å². The molecule has 0 radical (unpaired) electrons. The van der Waals surface area contributed by atoms with E-state index in [9.17, 15) is 9.59 Å². The first-order valence-corrected chi connectivity index (χ1v) is 5.85. The van der Waals surface area contributed by atoms with Crippen molar-refractivity contribution in [3.05, 3.63) is 23.8 Å². The second kappa shape index (κ2) is 6.47. The van der Waals surface area contributed by atoms with Crippen LogP contribution >= 0.6 is 0 Å². The summed E-state index contributed by atoms with van der Waals surface area (Å²) in [6, 6.07) is 0. The van der Waals surface area contributed by atoms with E-state index in [1.165, 1.54) is 13.0 Å². The van der Waals surface area contributed by atoms with Gasteiger partial charge in [-0.15, -0.1) is 0 Å². The van der Waals surface area contributed by atoms with Gasteiger partial charge in [0, 0.05) is 18.7 Å². The van der Waals surface area contributed by atoms with Crippen molar-refractivity contribution in [3.63, 3.8) is 0 Å². The van der Waals surface area contributed by atoms with Crippen molar-refractivity contribution < 1.29 is 19.4 Å². The standard InChI is InChI=1S/C13H19NO4/c1-9(11(3)16)6-10(2)13(17)14-4-5-18-12(7-14)8-15/h6,12,15H,2,4-5,7-8H2,1,3H3/b9-6-. The van der Waals surface area contributed by atoms with Crippen LogP contribution in [0.2, 0.25) is 0 Å². The number of ether oxygens (including phenoxy) is 1. The smallest absolute Gasteiger partial charge is 0.253 e. The Kier molecular flexibility index (Phi) is 5.25. The average molecular weight is 253 g/mol. The first-order chi connectivity index (χ1) is 8.45. The average Bonchev–Trinajstić information content (AvgIpc) is 2.37. The van der Waals surface area contributed by atoms with E-state index in [0.717, 1.165) is 0 Å². The minimum absolute atomic E-state index is 0.0841. The monoisotopic (exact) mass is 253 g/mol. The number of aliphatic hydroxyl groups excluding tert-OH is 1. The van der Waals surface area contributed by atoms with Crippen LogP contribution in [0.25, 0.3) is 0 Å². The Morgan fingerprint density at radius 3 is 2.72 bits per heavy atom. The normalized spacial score (nSPS) is 20.7. The van der Waals surface area contributed by atoms with Gasteiger partial charge < -0.3 is 14.7 Å². The number of carbonyl (C=O) groups is 2. The molecule has 0 spiro atoms. The van der Waals surface area contributed by atoms with Gasteiger partial charge in [-0.05, 0) is 25.5 Å². The fourth-order valence-electron chi connectivity index (χ4n) is 1.64. The van der Waals surface area contributed by atoms with Gasteiger partial charge in [-0.1, -0.05) is 6.58 Å². The summed E-state index contributed by atoms with van der Waals surface area (Å²) in [4.78, 5) is 24.7. The molecular weight excluding hydrogens is 234 g/mol. The van der Waals surface area contributed by atoms with Gasteiger partial charge in [-0.3, -0.25) is 9.59 Å². The van der Waals surface area contributed by atoms with Crippen molar-refractivity contribution >= 4 is 11.7 Å². The van der Waals surface area contributed by atoms with E-state index in [4.69, 9.17) is 9.84 Å². The van der Waals surface area contributed by atoms with Crippen LogP contribution in [0.1, 0.15) is 13.8 Å². The SMILES string of the molecule is C=C(/C=C(/C)C(C)=O)C(=O)N1CCOC(CO)C1. The van der Waals surface area contributed by atoms with Crippen molar-refractivity contribution in [2.24, 2.45) is 0 Å². The molecule has 1 aliphatic heterocycles. The number of carbonyl (C=O) groups excluding carboxylic acids is 2. The molecule has 1 fully saturated rings. The van der Waals surface area contributed by atoms with Crippen molar-refractivity contribution in [1.29, 1.82) is 0 Å². The Morgan fingerprint density at radius 1 is 1.50 bits per heavy atom. The van der Waals surface area contributed by atoms with E-state index in [-0.39, 0.29) is 30.0 Å². The Labute approximate surface area is 107 Å². The van der Waals surface area contributed by atoms with Gasteiger partial charge in [0.15, 0.2) is 5.78 Å². The molecule has 1 amide bonds. The Morgan fingerprint density at radius 2 is 2.17 bits per heavy atom. The largest absolute Gasteiger partial charge is 0.394 e. The highest BCUT2D eigenvalue weighted by Gasteiger charge is 2.24. The number of hydrogen-bond donors (Lipinski definition) is 1. The Hall–Kier alpha value is -1.46. The predicted molar refractivity (Wildman–Crippen MR) is 67.0 cm³/mol. The molecular formula is C13H19NO4. The van der Waals surface area contributed by atoms with Crippen LogP contribution in [0.4, 0.5) is 0 Å². The van der Waals surface area contributed by atoms with Gasteiger partial charge in [0.2, 0.25) is 0 Å². The zero-order chi connectivity index (χ0) is 13.7.